The van der Waals surface area contributed by atoms with Crippen LogP contribution in [0, 0.1) is 13.8 Å². The minimum absolute atomic E-state index is 0.752. The van der Waals surface area contributed by atoms with Gasteiger partial charge in [-0.3, -0.25) is 0 Å². The van der Waals surface area contributed by atoms with Gasteiger partial charge in [-0.2, -0.15) is 0 Å². The van der Waals surface area contributed by atoms with E-state index >= 15 is 0 Å². The summed E-state index contributed by atoms with van der Waals surface area (Å²) in [6.45, 7) is 5.34. The summed E-state index contributed by atoms with van der Waals surface area (Å²) in [5.74, 6) is 1.06. The zero-order chi connectivity index (χ0) is 13.0. The van der Waals surface area contributed by atoms with Crippen molar-refractivity contribution in [2.75, 3.05) is 13.7 Å². The number of ether oxygens (including phenoxy) is 1. The quantitative estimate of drug-likeness (QED) is 0.861. The van der Waals surface area contributed by atoms with E-state index in [1.54, 1.807) is 7.11 Å². The molecule has 18 heavy (non-hydrogen) atoms. The van der Waals surface area contributed by atoms with E-state index in [1.165, 1.54) is 42.4 Å². The first-order valence-corrected chi connectivity index (χ1v) is 7.08. The molecule has 0 bridgehead atoms. The summed E-state index contributed by atoms with van der Waals surface area (Å²) < 4.78 is 5.53. The maximum absolute atomic E-state index is 5.53. The van der Waals surface area contributed by atoms with Crippen molar-refractivity contribution in [1.29, 1.82) is 0 Å². The van der Waals surface area contributed by atoms with Crippen LogP contribution in [0.2, 0.25) is 0 Å². The first-order chi connectivity index (χ1) is 8.70. The van der Waals surface area contributed by atoms with E-state index in [0.29, 0.717) is 0 Å². The first-order valence-electron chi connectivity index (χ1n) is 7.08. The minimum Gasteiger partial charge on any atom is -0.496 e. The molecule has 0 aliphatic heterocycles. The van der Waals surface area contributed by atoms with E-state index in [-0.39, 0.29) is 0 Å². The van der Waals surface area contributed by atoms with Gasteiger partial charge in [0.15, 0.2) is 0 Å². The van der Waals surface area contributed by atoms with Crippen molar-refractivity contribution in [1.82, 2.24) is 5.32 Å². The van der Waals surface area contributed by atoms with Crippen LogP contribution in [0.3, 0.4) is 0 Å². The molecular weight excluding hydrogens is 222 g/mol. The lowest BCUT2D eigenvalue weighted by Gasteiger charge is -2.15. The molecular formula is C16H25NO. The van der Waals surface area contributed by atoms with E-state index in [1.807, 2.05) is 0 Å². The number of benzene rings is 1. The molecule has 2 nitrogen and oxygen atoms in total. The molecule has 1 aromatic rings. The van der Waals surface area contributed by atoms with Crippen molar-refractivity contribution in [3.8, 4) is 5.75 Å². The van der Waals surface area contributed by atoms with Gasteiger partial charge in [0.1, 0.15) is 5.75 Å². The Morgan fingerprint density at radius 3 is 2.61 bits per heavy atom. The lowest BCUT2D eigenvalue weighted by Crippen LogP contribution is -2.28. The van der Waals surface area contributed by atoms with Gasteiger partial charge in [0.2, 0.25) is 0 Å². The Bertz CT molecular complexity index is 394. The Labute approximate surface area is 111 Å². The van der Waals surface area contributed by atoms with E-state index < -0.39 is 0 Å². The normalized spacial score (nSPS) is 16.2. The van der Waals surface area contributed by atoms with Gasteiger partial charge in [0, 0.05) is 6.04 Å². The van der Waals surface area contributed by atoms with Crippen molar-refractivity contribution < 1.29 is 4.74 Å². The predicted octanol–water partition coefficient (Wildman–Crippen LogP) is 3.39. The first kappa shape index (κ1) is 13.4. The molecule has 1 aliphatic rings. The third-order valence-corrected chi connectivity index (χ3v) is 3.88. The second-order valence-corrected chi connectivity index (χ2v) is 5.46. The molecule has 0 aromatic heterocycles. The van der Waals surface area contributed by atoms with Crippen LogP contribution in [0.25, 0.3) is 0 Å². The van der Waals surface area contributed by atoms with Crippen LogP contribution in [0.1, 0.15) is 42.4 Å². The molecule has 2 heteroatoms. The Morgan fingerprint density at radius 1 is 1.22 bits per heavy atom. The van der Waals surface area contributed by atoms with Gasteiger partial charge in [-0.15, -0.1) is 0 Å². The van der Waals surface area contributed by atoms with Crippen molar-refractivity contribution in [2.45, 2.75) is 52.0 Å². The molecule has 1 saturated carbocycles. The molecule has 1 aromatic carbocycles. The summed E-state index contributed by atoms with van der Waals surface area (Å²) in [6.07, 6.45) is 6.55. The molecule has 0 unspecified atom stereocenters. The van der Waals surface area contributed by atoms with E-state index in [4.69, 9.17) is 4.74 Å². The van der Waals surface area contributed by atoms with E-state index in [9.17, 15) is 0 Å². The summed E-state index contributed by atoms with van der Waals surface area (Å²) in [5.41, 5.74) is 3.90. The lowest BCUT2D eigenvalue weighted by molar-refractivity contribution is 0.405. The topological polar surface area (TPSA) is 21.3 Å². The summed E-state index contributed by atoms with van der Waals surface area (Å²) in [6, 6.07) is 5.19. The highest BCUT2D eigenvalue weighted by Gasteiger charge is 2.14. The average Bonchev–Trinajstić information content (AvgIpc) is 2.81. The largest absolute Gasteiger partial charge is 0.496 e. The summed E-state index contributed by atoms with van der Waals surface area (Å²) in [7, 11) is 1.77. The molecule has 0 amide bonds. The van der Waals surface area contributed by atoms with Gasteiger partial charge >= 0.3 is 0 Å². The van der Waals surface area contributed by atoms with Gasteiger partial charge < -0.3 is 10.1 Å². The number of hydrogen-bond donors (Lipinski definition) is 1. The zero-order valence-electron chi connectivity index (χ0n) is 11.9. The van der Waals surface area contributed by atoms with Crippen molar-refractivity contribution in [2.24, 2.45) is 0 Å². The Hall–Kier alpha value is -1.02. The van der Waals surface area contributed by atoms with Crippen molar-refractivity contribution in [3.63, 3.8) is 0 Å². The maximum atomic E-state index is 5.53. The van der Waals surface area contributed by atoms with E-state index in [2.05, 4.69) is 31.3 Å². The van der Waals surface area contributed by atoms with Crippen LogP contribution in [0.5, 0.6) is 5.75 Å². The number of hydrogen-bond acceptors (Lipinski definition) is 2. The minimum atomic E-state index is 0.752. The van der Waals surface area contributed by atoms with Gasteiger partial charge in [-0.25, -0.2) is 0 Å². The maximum Gasteiger partial charge on any atom is 0.125 e. The van der Waals surface area contributed by atoms with Crippen LogP contribution in [0.15, 0.2) is 12.1 Å². The van der Waals surface area contributed by atoms with Gasteiger partial charge in [-0.05, 0) is 50.8 Å². The molecule has 0 saturated heterocycles. The monoisotopic (exact) mass is 247 g/mol. The molecule has 0 atom stereocenters. The second kappa shape index (κ2) is 6.24. The second-order valence-electron chi connectivity index (χ2n) is 5.46. The molecule has 100 valence electrons. The van der Waals surface area contributed by atoms with Crippen molar-refractivity contribution >= 4 is 0 Å². The Morgan fingerprint density at radius 2 is 1.94 bits per heavy atom. The molecule has 1 aliphatic carbocycles. The lowest BCUT2D eigenvalue weighted by atomic mass is 10.0. The Kier molecular flexibility index (Phi) is 4.65. The fraction of sp³-hybridized carbons (Fsp3) is 0.625. The third kappa shape index (κ3) is 3.26. The summed E-state index contributed by atoms with van der Waals surface area (Å²) in [5, 5.41) is 3.66. The molecule has 0 spiro atoms. The molecule has 0 heterocycles. The highest BCUT2D eigenvalue weighted by Crippen LogP contribution is 2.25. The summed E-state index contributed by atoms with van der Waals surface area (Å²) in [4.78, 5) is 0. The predicted molar refractivity (Wildman–Crippen MR) is 76.4 cm³/mol. The van der Waals surface area contributed by atoms with Crippen LogP contribution in [-0.4, -0.2) is 19.7 Å². The standard InChI is InChI=1S/C16H25NO/c1-12-10-13(2)16(18-3)14(11-12)8-9-17-15-6-4-5-7-15/h10-11,15,17H,4-9H2,1-3H3. The Balaban J connectivity index is 1.95. The number of methoxy groups -OCH3 is 1. The third-order valence-electron chi connectivity index (χ3n) is 3.88. The highest BCUT2D eigenvalue weighted by molar-refractivity contribution is 5.43. The fourth-order valence-corrected chi connectivity index (χ4v) is 3.06. The summed E-state index contributed by atoms with van der Waals surface area (Å²) >= 11 is 0. The highest BCUT2D eigenvalue weighted by atomic mass is 16.5. The van der Waals surface area contributed by atoms with Gasteiger partial charge in [0.25, 0.3) is 0 Å². The van der Waals surface area contributed by atoms with Crippen LogP contribution >= 0.6 is 0 Å². The van der Waals surface area contributed by atoms with E-state index in [0.717, 1.165) is 24.8 Å². The van der Waals surface area contributed by atoms with Crippen LogP contribution < -0.4 is 10.1 Å². The fourth-order valence-electron chi connectivity index (χ4n) is 3.06. The zero-order valence-corrected chi connectivity index (χ0v) is 11.9. The van der Waals surface area contributed by atoms with Gasteiger partial charge in [-0.1, -0.05) is 30.5 Å². The SMILES string of the molecule is COc1c(C)cc(C)cc1CCNC1CCCC1. The molecule has 0 radical (unpaired) electrons. The average molecular weight is 247 g/mol. The molecule has 1 fully saturated rings. The number of aryl methyl sites for hydroxylation is 2. The number of rotatable bonds is 5. The smallest absolute Gasteiger partial charge is 0.125 e. The number of nitrogens with one attached hydrogen (secondary N) is 1. The molecule has 2 rings (SSSR count). The molecule has 1 N–H and O–H groups in total. The van der Waals surface area contributed by atoms with Crippen LogP contribution in [-0.2, 0) is 6.42 Å². The van der Waals surface area contributed by atoms with Gasteiger partial charge in [0.05, 0.1) is 7.11 Å². The van der Waals surface area contributed by atoms with Crippen molar-refractivity contribution in [3.05, 3.63) is 28.8 Å². The van der Waals surface area contributed by atoms with Crippen LogP contribution in [0.4, 0.5) is 0 Å².